The second-order valence-corrected chi connectivity index (χ2v) is 9.02. The van der Waals surface area contributed by atoms with Crippen molar-refractivity contribution in [3.63, 3.8) is 0 Å². The van der Waals surface area contributed by atoms with Crippen LogP contribution in [-0.4, -0.2) is 46.2 Å². The van der Waals surface area contributed by atoms with Crippen molar-refractivity contribution in [2.24, 2.45) is 5.92 Å². The SMILES string of the molecule is CC(C)(C)OC(=O)Nc1ccc(CC(NC(=O)C2CCCC2)C(=O)COc2ccon2)cn1. The number of anilines is 1. The molecule has 2 aromatic rings. The lowest BCUT2D eigenvalue weighted by atomic mass is 10.0. The first-order chi connectivity index (χ1) is 15.7. The van der Waals surface area contributed by atoms with Gasteiger partial charge in [0.05, 0.1) is 6.04 Å². The molecule has 0 radical (unpaired) electrons. The third-order valence-corrected chi connectivity index (χ3v) is 5.10. The number of hydrogen-bond acceptors (Lipinski definition) is 8. The standard InChI is InChI=1S/C23H30N4O6/c1-23(2,3)33-22(30)26-19-9-8-15(13-24-19)12-17(25-21(29)16-6-4-5-7-16)18(28)14-31-20-10-11-32-27-20/h8-11,13,16-17H,4-7,12,14H2,1-3H3,(H,25,29)(H,24,26,30). The number of nitrogens with one attached hydrogen (secondary N) is 2. The van der Waals surface area contributed by atoms with Crippen molar-refractivity contribution in [1.29, 1.82) is 0 Å². The van der Waals surface area contributed by atoms with Crippen LogP contribution in [0.4, 0.5) is 10.6 Å². The van der Waals surface area contributed by atoms with E-state index in [-0.39, 0.29) is 36.5 Å². The summed E-state index contributed by atoms with van der Waals surface area (Å²) in [5.74, 6) is 0.0303. The van der Waals surface area contributed by atoms with Crippen LogP contribution in [0, 0.1) is 5.92 Å². The normalized spacial score (nSPS) is 15.0. The molecule has 2 aromatic heterocycles. The van der Waals surface area contributed by atoms with Crippen LogP contribution in [0.25, 0.3) is 0 Å². The summed E-state index contributed by atoms with van der Waals surface area (Å²) >= 11 is 0. The van der Waals surface area contributed by atoms with Gasteiger partial charge in [0.15, 0.2) is 12.4 Å². The maximum atomic E-state index is 12.8. The topological polar surface area (TPSA) is 133 Å². The van der Waals surface area contributed by atoms with E-state index in [4.69, 9.17) is 14.0 Å². The average Bonchev–Trinajstić information content (AvgIpc) is 3.45. The Morgan fingerprint density at radius 1 is 1.18 bits per heavy atom. The average molecular weight is 459 g/mol. The molecule has 2 N–H and O–H groups in total. The van der Waals surface area contributed by atoms with Crippen LogP contribution in [0.3, 0.4) is 0 Å². The highest BCUT2D eigenvalue weighted by atomic mass is 16.6. The molecular formula is C23H30N4O6. The van der Waals surface area contributed by atoms with E-state index in [9.17, 15) is 14.4 Å². The molecule has 0 saturated heterocycles. The molecule has 0 aliphatic heterocycles. The Morgan fingerprint density at radius 2 is 1.94 bits per heavy atom. The Labute approximate surface area is 192 Å². The Bertz CT molecular complexity index is 931. The van der Waals surface area contributed by atoms with E-state index in [0.29, 0.717) is 5.82 Å². The second-order valence-electron chi connectivity index (χ2n) is 9.02. The first-order valence-corrected chi connectivity index (χ1v) is 11.0. The predicted octanol–water partition coefficient (Wildman–Crippen LogP) is 3.28. The first kappa shape index (κ1) is 24.2. The van der Waals surface area contributed by atoms with Gasteiger partial charge in [-0.3, -0.25) is 14.9 Å². The van der Waals surface area contributed by atoms with Gasteiger partial charge in [0, 0.05) is 24.6 Å². The van der Waals surface area contributed by atoms with Gasteiger partial charge in [-0.2, -0.15) is 0 Å². The van der Waals surface area contributed by atoms with Crippen LogP contribution in [-0.2, 0) is 20.7 Å². The zero-order valence-corrected chi connectivity index (χ0v) is 19.1. The van der Waals surface area contributed by atoms with Gasteiger partial charge in [-0.25, -0.2) is 9.78 Å². The molecule has 2 heterocycles. The van der Waals surface area contributed by atoms with E-state index < -0.39 is 17.7 Å². The molecule has 33 heavy (non-hydrogen) atoms. The van der Waals surface area contributed by atoms with E-state index in [0.717, 1.165) is 31.2 Å². The molecule has 178 valence electrons. The molecule has 10 heteroatoms. The number of Topliss-reactive ketones (excluding diaryl/α,β-unsaturated/α-hetero) is 1. The lowest BCUT2D eigenvalue weighted by Crippen LogP contribution is -2.46. The summed E-state index contributed by atoms with van der Waals surface area (Å²) in [5.41, 5.74) is 0.0969. The number of ether oxygens (including phenoxy) is 2. The Hall–Kier alpha value is -3.43. The Kier molecular flexibility index (Phi) is 8.02. The lowest BCUT2D eigenvalue weighted by Gasteiger charge is -2.20. The van der Waals surface area contributed by atoms with E-state index in [1.165, 1.54) is 12.3 Å². The molecule has 0 spiro atoms. The van der Waals surface area contributed by atoms with Crippen LogP contribution < -0.4 is 15.4 Å². The van der Waals surface area contributed by atoms with Gasteiger partial charge in [0.2, 0.25) is 5.91 Å². The summed E-state index contributed by atoms with van der Waals surface area (Å²) in [4.78, 5) is 41.6. The number of nitrogens with zero attached hydrogens (tertiary/aromatic N) is 2. The molecule has 2 amide bonds. The second kappa shape index (κ2) is 10.9. The molecule has 1 aliphatic carbocycles. The van der Waals surface area contributed by atoms with Crippen LogP contribution in [0.2, 0.25) is 0 Å². The molecule has 0 bridgehead atoms. The highest BCUT2D eigenvalue weighted by Gasteiger charge is 2.28. The zero-order valence-electron chi connectivity index (χ0n) is 19.1. The molecule has 10 nitrogen and oxygen atoms in total. The maximum Gasteiger partial charge on any atom is 0.413 e. The number of carbonyl (C=O) groups excluding carboxylic acids is 3. The summed E-state index contributed by atoms with van der Waals surface area (Å²) in [6, 6.07) is 4.07. The molecule has 1 unspecified atom stereocenters. The highest BCUT2D eigenvalue weighted by Crippen LogP contribution is 2.25. The van der Waals surface area contributed by atoms with E-state index >= 15 is 0 Å². The van der Waals surface area contributed by atoms with Crippen molar-refractivity contribution in [1.82, 2.24) is 15.5 Å². The summed E-state index contributed by atoms with van der Waals surface area (Å²) in [6.07, 6.45) is 6.21. The first-order valence-electron chi connectivity index (χ1n) is 11.0. The fraction of sp³-hybridized carbons (Fsp3) is 0.522. The molecule has 1 fully saturated rings. The third kappa shape index (κ3) is 7.89. The fourth-order valence-corrected chi connectivity index (χ4v) is 3.51. The van der Waals surface area contributed by atoms with Gasteiger partial charge in [-0.1, -0.05) is 18.9 Å². The zero-order chi connectivity index (χ0) is 23.8. The highest BCUT2D eigenvalue weighted by molar-refractivity contribution is 5.91. The summed E-state index contributed by atoms with van der Waals surface area (Å²) in [5, 5.41) is 9.06. The van der Waals surface area contributed by atoms with Gasteiger partial charge in [0.1, 0.15) is 17.7 Å². The van der Waals surface area contributed by atoms with Crippen LogP contribution in [0.5, 0.6) is 5.88 Å². The van der Waals surface area contributed by atoms with Crippen LogP contribution >= 0.6 is 0 Å². The van der Waals surface area contributed by atoms with Gasteiger partial charge in [-0.15, -0.1) is 0 Å². The Morgan fingerprint density at radius 3 is 2.55 bits per heavy atom. The van der Waals surface area contributed by atoms with Crippen molar-refractivity contribution in [2.45, 2.75) is 64.5 Å². The number of pyridine rings is 1. The monoisotopic (exact) mass is 458 g/mol. The maximum absolute atomic E-state index is 12.8. The quantitative estimate of drug-likeness (QED) is 0.585. The molecule has 1 saturated carbocycles. The number of amides is 2. The molecular weight excluding hydrogens is 428 g/mol. The van der Waals surface area contributed by atoms with Gasteiger partial charge < -0.3 is 19.3 Å². The summed E-state index contributed by atoms with van der Waals surface area (Å²) in [6.45, 7) is 5.05. The van der Waals surface area contributed by atoms with Crippen molar-refractivity contribution in [3.8, 4) is 5.88 Å². The molecule has 0 aromatic carbocycles. The smallest absolute Gasteiger partial charge is 0.413 e. The largest absolute Gasteiger partial charge is 0.467 e. The van der Waals surface area contributed by atoms with Crippen molar-refractivity contribution >= 4 is 23.6 Å². The van der Waals surface area contributed by atoms with E-state index in [1.807, 2.05) is 0 Å². The fourth-order valence-electron chi connectivity index (χ4n) is 3.51. The van der Waals surface area contributed by atoms with Crippen LogP contribution in [0.15, 0.2) is 35.2 Å². The van der Waals surface area contributed by atoms with Crippen LogP contribution in [0.1, 0.15) is 52.0 Å². The van der Waals surface area contributed by atoms with Gasteiger partial charge >= 0.3 is 6.09 Å². The number of ketones is 1. The Balaban J connectivity index is 1.63. The minimum Gasteiger partial charge on any atom is -0.467 e. The predicted molar refractivity (Wildman–Crippen MR) is 119 cm³/mol. The summed E-state index contributed by atoms with van der Waals surface area (Å²) in [7, 11) is 0. The van der Waals surface area contributed by atoms with Crippen molar-refractivity contribution in [2.75, 3.05) is 11.9 Å². The number of hydrogen-bond donors (Lipinski definition) is 2. The lowest BCUT2D eigenvalue weighted by molar-refractivity contribution is -0.131. The number of carbonyl (C=O) groups is 3. The third-order valence-electron chi connectivity index (χ3n) is 5.10. The number of rotatable bonds is 9. The summed E-state index contributed by atoms with van der Waals surface area (Å²) < 4.78 is 15.3. The van der Waals surface area contributed by atoms with Gasteiger partial charge in [-0.05, 0) is 50.4 Å². The minimum absolute atomic E-state index is 0.0738. The molecule has 1 aliphatic rings. The molecule has 3 rings (SSSR count). The van der Waals surface area contributed by atoms with Crippen molar-refractivity contribution in [3.05, 3.63) is 36.2 Å². The molecule has 1 atom stereocenters. The van der Waals surface area contributed by atoms with E-state index in [2.05, 4.69) is 20.8 Å². The minimum atomic E-state index is -0.781. The number of aromatic nitrogens is 2. The van der Waals surface area contributed by atoms with Gasteiger partial charge in [0.25, 0.3) is 5.88 Å². The van der Waals surface area contributed by atoms with Crippen molar-refractivity contribution < 1.29 is 28.4 Å². The van der Waals surface area contributed by atoms with E-state index in [1.54, 1.807) is 39.1 Å².